The Morgan fingerprint density at radius 1 is 1.08 bits per heavy atom. The van der Waals surface area contributed by atoms with Gasteiger partial charge in [-0.2, -0.15) is 0 Å². The number of nitrogens with one attached hydrogen (secondary N) is 1. The lowest BCUT2D eigenvalue weighted by Gasteiger charge is -2.08. The summed E-state index contributed by atoms with van der Waals surface area (Å²) in [4.78, 5) is 23.8. The molecule has 2 rings (SSSR count). The fourth-order valence-corrected chi connectivity index (χ4v) is 2.08. The van der Waals surface area contributed by atoms with E-state index in [0.717, 1.165) is 10.5 Å². The molecule has 0 saturated heterocycles. The number of carbonyl (C=O) groups excluding carboxylic acids is 2. The third-order valence-corrected chi connectivity index (χ3v) is 3.30. The van der Waals surface area contributed by atoms with Crippen LogP contribution in [-0.2, 0) is 9.59 Å². The second-order valence-corrected chi connectivity index (χ2v) is 5.39. The average Bonchev–Trinajstić information content (AvgIpc) is 2.55. The maximum atomic E-state index is 11.9. The van der Waals surface area contributed by atoms with Crippen molar-refractivity contribution in [3.05, 3.63) is 54.1 Å². The largest absolute Gasteiger partial charge is 0.493 e. The van der Waals surface area contributed by atoms with Crippen LogP contribution >= 0.6 is 12.6 Å². The van der Waals surface area contributed by atoms with Gasteiger partial charge in [0.25, 0.3) is 0 Å². The van der Waals surface area contributed by atoms with E-state index >= 15 is 0 Å². The van der Waals surface area contributed by atoms with Gasteiger partial charge in [-0.25, -0.2) is 0 Å². The maximum Gasteiger partial charge on any atom is 0.308 e. The molecule has 0 aliphatic rings. The van der Waals surface area contributed by atoms with E-state index in [1.165, 1.54) is 20.1 Å². The third kappa shape index (κ3) is 5.17. The SMILES string of the molecule is COc1cc(/C=C/C(=O)Nc2ccc(S)cc2)ccc1OC(C)=O. The lowest BCUT2D eigenvalue weighted by atomic mass is 10.2. The topological polar surface area (TPSA) is 64.6 Å². The first-order valence-corrected chi connectivity index (χ1v) is 7.57. The fraction of sp³-hybridized carbons (Fsp3) is 0.111. The zero-order valence-electron chi connectivity index (χ0n) is 13.3. The van der Waals surface area contributed by atoms with Gasteiger partial charge in [-0.15, -0.1) is 12.6 Å². The zero-order chi connectivity index (χ0) is 17.5. The van der Waals surface area contributed by atoms with E-state index in [-0.39, 0.29) is 5.91 Å². The van der Waals surface area contributed by atoms with Crippen molar-refractivity contribution in [1.82, 2.24) is 0 Å². The second-order valence-electron chi connectivity index (χ2n) is 4.87. The Labute approximate surface area is 145 Å². The molecule has 0 aliphatic carbocycles. The van der Waals surface area contributed by atoms with Crippen LogP contribution in [0.25, 0.3) is 6.08 Å². The molecule has 0 saturated carbocycles. The monoisotopic (exact) mass is 343 g/mol. The summed E-state index contributed by atoms with van der Waals surface area (Å²) >= 11 is 4.19. The molecule has 0 bridgehead atoms. The first-order valence-electron chi connectivity index (χ1n) is 7.12. The van der Waals surface area contributed by atoms with Crippen molar-refractivity contribution in [2.75, 3.05) is 12.4 Å². The fourth-order valence-electron chi connectivity index (χ4n) is 1.93. The van der Waals surface area contributed by atoms with E-state index in [1.54, 1.807) is 48.5 Å². The van der Waals surface area contributed by atoms with Gasteiger partial charge in [0.1, 0.15) is 0 Å². The molecule has 0 radical (unpaired) electrons. The standard InChI is InChI=1S/C18H17NO4S/c1-12(20)23-16-9-3-13(11-17(16)22-2)4-10-18(21)19-14-5-7-15(24)8-6-14/h3-11,24H,1-2H3,(H,19,21)/b10-4+. The number of rotatable bonds is 5. The Morgan fingerprint density at radius 3 is 2.42 bits per heavy atom. The minimum atomic E-state index is -0.428. The minimum absolute atomic E-state index is 0.259. The van der Waals surface area contributed by atoms with E-state index in [2.05, 4.69) is 17.9 Å². The molecule has 1 amide bonds. The molecule has 6 heteroatoms. The van der Waals surface area contributed by atoms with Gasteiger partial charge < -0.3 is 14.8 Å². The zero-order valence-corrected chi connectivity index (χ0v) is 14.2. The van der Waals surface area contributed by atoms with Crippen molar-refractivity contribution in [1.29, 1.82) is 0 Å². The van der Waals surface area contributed by atoms with Crippen molar-refractivity contribution >= 4 is 36.3 Å². The molecular weight excluding hydrogens is 326 g/mol. The van der Waals surface area contributed by atoms with Crippen molar-refractivity contribution in [3.63, 3.8) is 0 Å². The van der Waals surface area contributed by atoms with Gasteiger partial charge in [-0.3, -0.25) is 9.59 Å². The summed E-state index contributed by atoms with van der Waals surface area (Å²) in [6.45, 7) is 1.32. The van der Waals surface area contributed by atoms with Crippen LogP contribution in [-0.4, -0.2) is 19.0 Å². The molecule has 0 atom stereocenters. The Morgan fingerprint density at radius 2 is 1.79 bits per heavy atom. The Hall–Kier alpha value is -2.73. The number of ether oxygens (including phenoxy) is 2. The molecule has 1 N–H and O–H groups in total. The highest BCUT2D eigenvalue weighted by molar-refractivity contribution is 7.80. The van der Waals surface area contributed by atoms with Crippen LogP contribution in [0.3, 0.4) is 0 Å². The summed E-state index contributed by atoms with van der Waals surface area (Å²) in [5, 5.41) is 2.75. The van der Waals surface area contributed by atoms with Crippen molar-refractivity contribution in [2.45, 2.75) is 11.8 Å². The molecule has 5 nitrogen and oxygen atoms in total. The lowest BCUT2D eigenvalue weighted by molar-refractivity contribution is -0.132. The molecule has 24 heavy (non-hydrogen) atoms. The number of methoxy groups -OCH3 is 1. The maximum absolute atomic E-state index is 11.9. The van der Waals surface area contributed by atoms with E-state index in [4.69, 9.17) is 9.47 Å². The van der Waals surface area contributed by atoms with Crippen LogP contribution in [0.4, 0.5) is 5.69 Å². The van der Waals surface area contributed by atoms with Crippen LogP contribution in [0.2, 0.25) is 0 Å². The lowest BCUT2D eigenvalue weighted by Crippen LogP contribution is -2.07. The first-order chi connectivity index (χ1) is 11.5. The summed E-state index contributed by atoms with van der Waals surface area (Å²) < 4.78 is 10.2. The highest BCUT2D eigenvalue weighted by Gasteiger charge is 2.07. The number of anilines is 1. The third-order valence-electron chi connectivity index (χ3n) is 3.00. The summed E-state index contributed by atoms with van der Waals surface area (Å²) in [5.74, 6) is 0.0590. The summed E-state index contributed by atoms with van der Waals surface area (Å²) in [7, 11) is 1.48. The Bertz CT molecular complexity index is 769. The smallest absolute Gasteiger partial charge is 0.308 e. The van der Waals surface area contributed by atoms with Crippen LogP contribution < -0.4 is 14.8 Å². The highest BCUT2D eigenvalue weighted by Crippen LogP contribution is 2.28. The number of hydrogen-bond donors (Lipinski definition) is 2. The predicted octanol–water partition coefficient (Wildman–Crippen LogP) is 3.56. The van der Waals surface area contributed by atoms with Crippen LogP contribution in [0.1, 0.15) is 12.5 Å². The van der Waals surface area contributed by atoms with Crippen LogP contribution in [0, 0.1) is 0 Å². The molecule has 0 fully saturated rings. The number of hydrogen-bond acceptors (Lipinski definition) is 5. The van der Waals surface area contributed by atoms with E-state index in [9.17, 15) is 9.59 Å². The number of esters is 1. The predicted molar refractivity (Wildman–Crippen MR) is 95.7 cm³/mol. The van der Waals surface area contributed by atoms with Crippen molar-refractivity contribution in [3.8, 4) is 11.5 Å². The molecule has 2 aromatic carbocycles. The summed E-state index contributed by atoms with van der Waals surface area (Å²) in [5.41, 5.74) is 1.42. The minimum Gasteiger partial charge on any atom is -0.493 e. The van der Waals surface area contributed by atoms with Gasteiger partial charge in [0.2, 0.25) is 5.91 Å². The van der Waals surface area contributed by atoms with Crippen molar-refractivity contribution in [2.24, 2.45) is 0 Å². The molecule has 0 heterocycles. The second kappa shape index (κ2) is 8.21. The normalized spacial score (nSPS) is 10.5. The number of thiol groups is 1. The Balaban J connectivity index is 2.06. The van der Waals surface area contributed by atoms with Crippen LogP contribution in [0.15, 0.2) is 53.4 Å². The highest BCUT2D eigenvalue weighted by atomic mass is 32.1. The van der Waals surface area contributed by atoms with Crippen LogP contribution in [0.5, 0.6) is 11.5 Å². The summed E-state index contributed by atoms with van der Waals surface area (Å²) in [6, 6.07) is 12.1. The first kappa shape index (κ1) is 17.6. The molecule has 0 aliphatic heterocycles. The van der Waals surface area contributed by atoms with E-state index in [0.29, 0.717) is 17.2 Å². The van der Waals surface area contributed by atoms with E-state index in [1.807, 2.05) is 0 Å². The Kier molecular flexibility index (Phi) is 6.03. The number of carbonyl (C=O) groups is 2. The molecule has 0 spiro atoms. The summed E-state index contributed by atoms with van der Waals surface area (Å²) in [6.07, 6.45) is 3.05. The molecule has 124 valence electrons. The van der Waals surface area contributed by atoms with Gasteiger partial charge in [-0.05, 0) is 48.0 Å². The van der Waals surface area contributed by atoms with Gasteiger partial charge in [0.15, 0.2) is 11.5 Å². The van der Waals surface area contributed by atoms with Crippen molar-refractivity contribution < 1.29 is 19.1 Å². The average molecular weight is 343 g/mol. The number of amides is 1. The van der Waals surface area contributed by atoms with Gasteiger partial charge in [0, 0.05) is 23.6 Å². The molecule has 0 aromatic heterocycles. The van der Waals surface area contributed by atoms with E-state index < -0.39 is 5.97 Å². The van der Waals surface area contributed by atoms with Gasteiger partial charge >= 0.3 is 5.97 Å². The number of benzene rings is 2. The molecule has 0 unspecified atom stereocenters. The molecule has 2 aromatic rings. The van der Waals surface area contributed by atoms with Gasteiger partial charge in [0.05, 0.1) is 7.11 Å². The quantitative estimate of drug-likeness (QED) is 0.377. The van der Waals surface area contributed by atoms with Gasteiger partial charge in [-0.1, -0.05) is 6.07 Å². The molecular formula is C18H17NO4S.